The second kappa shape index (κ2) is 19.1. The molecule has 0 radical (unpaired) electrons. The molecular formula is C66H62N2. The Morgan fingerprint density at radius 1 is 0.324 bits per heavy atom. The molecule has 2 nitrogen and oxygen atoms in total. The first-order valence-electron chi connectivity index (χ1n) is 24.6. The van der Waals surface area contributed by atoms with Crippen LogP contribution in [0.3, 0.4) is 0 Å². The Morgan fingerprint density at radius 2 is 0.647 bits per heavy atom. The normalized spacial score (nSPS) is 12.4. The molecule has 0 heterocycles. The van der Waals surface area contributed by atoms with Gasteiger partial charge in [-0.25, -0.2) is 0 Å². The first-order chi connectivity index (χ1) is 33.2. The summed E-state index contributed by atoms with van der Waals surface area (Å²) >= 11 is 0. The molecule has 1 aliphatic carbocycles. The third-order valence-electron chi connectivity index (χ3n) is 14.2. The molecule has 0 aromatic heterocycles. The van der Waals surface area contributed by atoms with Crippen LogP contribution < -0.4 is 9.80 Å². The van der Waals surface area contributed by atoms with Crippen molar-refractivity contribution in [1.82, 2.24) is 0 Å². The average Bonchev–Trinajstić information content (AvgIpc) is 3.64. The van der Waals surface area contributed by atoms with Crippen LogP contribution in [0.2, 0.25) is 0 Å². The van der Waals surface area contributed by atoms with Gasteiger partial charge in [0.1, 0.15) is 0 Å². The van der Waals surface area contributed by atoms with Gasteiger partial charge in [0.15, 0.2) is 0 Å². The summed E-state index contributed by atoms with van der Waals surface area (Å²) in [4.78, 5) is 4.72. The zero-order valence-electron chi connectivity index (χ0n) is 40.6. The van der Waals surface area contributed by atoms with Gasteiger partial charge >= 0.3 is 0 Å². The highest BCUT2D eigenvalue weighted by atomic mass is 15.1. The summed E-state index contributed by atoms with van der Waals surface area (Å²) < 4.78 is 0. The molecule has 0 N–H and O–H groups in total. The van der Waals surface area contributed by atoms with Crippen molar-refractivity contribution in [3.63, 3.8) is 0 Å². The van der Waals surface area contributed by atoms with Gasteiger partial charge in [-0.05, 0) is 170 Å². The topological polar surface area (TPSA) is 6.48 Å². The molecule has 68 heavy (non-hydrogen) atoms. The average molecular weight is 883 g/mol. The van der Waals surface area contributed by atoms with Crippen LogP contribution in [0, 0.1) is 34.6 Å². The Balaban J connectivity index is 1.01. The number of rotatable bonds is 14. The Morgan fingerprint density at radius 3 is 1.01 bits per heavy atom. The van der Waals surface area contributed by atoms with Crippen molar-refractivity contribution in [1.29, 1.82) is 0 Å². The number of anilines is 6. The van der Waals surface area contributed by atoms with E-state index in [1.807, 2.05) is 0 Å². The minimum atomic E-state index is -0.467. The van der Waals surface area contributed by atoms with E-state index >= 15 is 0 Å². The van der Waals surface area contributed by atoms with E-state index in [2.05, 4.69) is 258 Å². The second-order valence-electron chi connectivity index (χ2n) is 19.2. The fourth-order valence-corrected chi connectivity index (χ4v) is 10.5. The Bertz CT molecular complexity index is 3050. The molecule has 0 saturated heterocycles. The number of hydrogen-bond acceptors (Lipinski definition) is 2. The fourth-order valence-electron chi connectivity index (χ4n) is 10.5. The fraction of sp³-hybridized carbons (Fsp3) is 0.182. The molecule has 0 amide bonds. The quantitative estimate of drug-likeness (QED) is 0.100. The highest BCUT2D eigenvalue weighted by molar-refractivity contribution is 5.88. The van der Waals surface area contributed by atoms with E-state index in [1.165, 1.54) is 104 Å². The van der Waals surface area contributed by atoms with Gasteiger partial charge in [0.25, 0.3) is 0 Å². The van der Waals surface area contributed by atoms with Crippen molar-refractivity contribution in [2.24, 2.45) is 0 Å². The largest absolute Gasteiger partial charge is 0.311 e. The van der Waals surface area contributed by atoms with Crippen LogP contribution in [0.4, 0.5) is 34.1 Å². The van der Waals surface area contributed by atoms with Crippen molar-refractivity contribution in [3.8, 4) is 22.3 Å². The smallest absolute Gasteiger partial charge is 0.0713 e. The summed E-state index contributed by atoms with van der Waals surface area (Å²) in [5.41, 5.74) is 24.3. The molecule has 336 valence electrons. The Kier molecular flexibility index (Phi) is 12.4. The maximum absolute atomic E-state index is 2.44. The lowest BCUT2D eigenvalue weighted by Gasteiger charge is -2.35. The summed E-state index contributed by atoms with van der Waals surface area (Å²) in [7, 11) is 0. The molecule has 9 aromatic carbocycles. The maximum atomic E-state index is 2.44. The van der Waals surface area contributed by atoms with Crippen LogP contribution in [0.25, 0.3) is 22.3 Å². The van der Waals surface area contributed by atoms with Gasteiger partial charge < -0.3 is 9.80 Å². The number of aryl methyl sites for hydroxylation is 6. The van der Waals surface area contributed by atoms with Gasteiger partial charge in [-0.3, -0.25) is 0 Å². The van der Waals surface area contributed by atoms with E-state index in [9.17, 15) is 0 Å². The highest BCUT2D eigenvalue weighted by Crippen LogP contribution is 2.57. The summed E-state index contributed by atoms with van der Waals surface area (Å²) in [6, 6.07) is 77.7. The van der Waals surface area contributed by atoms with Gasteiger partial charge in [0.2, 0.25) is 0 Å². The number of benzene rings is 9. The molecule has 0 aliphatic heterocycles. The lowest BCUT2D eigenvalue weighted by atomic mass is 9.67. The molecule has 0 spiro atoms. The first kappa shape index (κ1) is 44.4. The number of nitrogens with zero attached hydrogens (tertiary/aromatic N) is 2. The molecule has 0 atom stereocenters. The van der Waals surface area contributed by atoms with Crippen LogP contribution >= 0.6 is 0 Å². The molecule has 10 rings (SSSR count). The summed E-state index contributed by atoms with van der Waals surface area (Å²) in [5.74, 6) is 0. The Labute approximate surface area is 405 Å². The molecule has 0 bridgehead atoms. The zero-order chi connectivity index (χ0) is 46.8. The summed E-state index contributed by atoms with van der Waals surface area (Å²) in [6.07, 6.45) is 6.20. The van der Waals surface area contributed by atoms with Crippen LogP contribution in [0.5, 0.6) is 0 Å². The highest BCUT2D eigenvalue weighted by Gasteiger charge is 2.46. The van der Waals surface area contributed by atoms with E-state index in [1.54, 1.807) is 0 Å². The zero-order valence-corrected chi connectivity index (χ0v) is 40.6. The van der Waals surface area contributed by atoms with Crippen molar-refractivity contribution < 1.29 is 0 Å². The molecule has 0 unspecified atom stereocenters. The predicted octanol–water partition coefficient (Wildman–Crippen LogP) is 18.3. The second-order valence-corrected chi connectivity index (χ2v) is 19.2. The molecule has 0 fully saturated rings. The molecule has 0 saturated carbocycles. The van der Waals surface area contributed by atoms with E-state index < -0.39 is 5.41 Å². The standard InChI is InChI=1S/C66H62N2/c1-7-8-9-10-11-51-20-26-54(27-21-51)66(64-44-49(5)18-42-62(64)63-43-19-50(6)45-65(63)66)55-28-40-61(41-29-55)68(58-34-16-48(4)17-35-58)60-38-24-53(25-39-60)52-22-36-59(37-23-52)67(56-30-12-46(2)13-31-56)57-32-14-47(3)15-33-57/h12-45H,7-11H2,1-6H3. The lowest BCUT2D eigenvalue weighted by molar-refractivity contribution is 0.666. The van der Waals surface area contributed by atoms with Gasteiger partial charge in [0.05, 0.1) is 5.41 Å². The molecule has 9 aromatic rings. The van der Waals surface area contributed by atoms with Crippen LogP contribution in [0.1, 0.15) is 88.2 Å². The van der Waals surface area contributed by atoms with Crippen molar-refractivity contribution >= 4 is 34.1 Å². The van der Waals surface area contributed by atoms with Crippen molar-refractivity contribution in [2.45, 2.75) is 79.1 Å². The van der Waals surface area contributed by atoms with Crippen LogP contribution in [0.15, 0.2) is 206 Å². The Hall–Kier alpha value is -7.42. The van der Waals surface area contributed by atoms with Crippen LogP contribution in [-0.2, 0) is 11.8 Å². The summed E-state index contributed by atoms with van der Waals surface area (Å²) in [5, 5.41) is 0. The van der Waals surface area contributed by atoms with E-state index in [0.717, 1.165) is 40.5 Å². The van der Waals surface area contributed by atoms with Gasteiger partial charge in [-0.1, -0.05) is 187 Å². The van der Waals surface area contributed by atoms with Gasteiger partial charge in [-0.15, -0.1) is 0 Å². The third kappa shape index (κ3) is 8.57. The third-order valence-corrected chi connectivity index (χ3v) is 14.2. The number of fused-ring (bicyclic) bond motifs is 3. The minimum absolute atomic E-state index is 0.467. The SMILES string of the molecule is CCCCCCc1ccc(C2(c3ccc(N(c4ccc(C)cc4)c4ccc(-c5ccc(N(c6ccc(C)cc6)c6ccc(C)cc6)cc5)cc4)cc3)c3cc(C)ccc3-c3ccc(C)cc32)cc1. The number of unbranched alkanes of at least 4 members (excludes halogenated alkanes) is 3. The first-order valence-corrected chi connectivity index (χ1v) is 24.6. The van der Waals surface area contributed by atoms with E-state index in [4.69, 9.17) is 0 Å². The minimum Gasteiger partial charge on any atom is -0.311 e. The van der Waals surface area contributed by atoms with E-state index in [0.29, 0.717) is 0 Å². The van der Waals surface area contributed by atoms with Crippen molar-refractivity contribution in [3.05, 3.63) is 262 Å². The predicted molar refractivity (Wildman–Crippen MR) is 290 cm³/mol. The lowest BCUT2D eigenvalue weighted by Crippen LogP contribution is -2.29. The molecule has 2 heteroatoms. The van der Waals surface area contributed by atoms with Gasteiger partial charge in [0, 0.05) is 34.1 Å². The molecular weight excluding hydrogens is 821 g/mol. The molecule has 1 aliphatic rings. The summed E-state index contributed by atoms with van der Waals surface area (Å²) in [6.45, 7) is 13.2. The monoisotopic (exact) mass is 882 g/mol. The van der Waals surface area contributed by atoms with Crippen molar-refractivity contribution in [2.75, 3.05) is 9.80 Å². The maximum Gasteiger partial charge on any atom is 0.0713 e. The van der Waals surface area contributed by atoms with E-state index in [-0.39, 0.29) is 0 Å². The van der Waals surface area contributed by atoms with Gasteiger partial charge in [-0.2, -0.15) is 0 Å². The van der Waals surface area contributed by atoms with Crippen LogP contribution in [-0.4, -0.2) is 0 Å². The number of hydrogen-bond donors (Lipinski definition) is 0.